The maximum Gasteiger partial charge on any atom is 0.408 e. The number of ether oxygens (including phenoxy) is 2. The quantitative estimate of drug-likeness (QED) is 0.785. The van der Waals surface area contributed by atoms with Crippen molar-refractivity contribution in [2.24, 2.45) is 5.41 Å². The van der Waals surface area contributed by atoms with Gasteiger partial charge in [-0.25, -0.2) is 9.59 Å². The number of nitrogens with one attached hydrogen (secondary N) is 1. The number of amides is 1. The monoisotopic (exact) mass is 261 g/mol. The second-order valence-electron chi connectivity index (χ2n) is 5.84. The molecule has 0 fully saturated rings. The molecule has 0 saturated carbocycles. The van der Waals surface area contributed by atoms with Gasteiger partial charge in [-0.2, -0.15) is 0 Å². The highest BCUT2D eigenvalue weighted by atomic mass is 16.6. The number of carbonyl (C=O) groups excluding carboxylic acids is 1. The number of hydrogen-bond donors (Lipinski definition) is 2. The van der Waals surface area contributed by atoms with E-state index < -0.39 is 29.1 Å². The lowest BCUT2D eigenvalue weighted by Crippen LogP contribution is -2.53. The van der Waals surface area contributed by atoms with Crippen molar-refractivity contribution in [3.8, 4) is 0 Å². The largest absolute Gasteiger partial charge is 0.480 e. The Hall–Kier alpha value is -1.30. The van der Waals surface area contributed by atoms with Crippen LogP contribution in [0.1, 0.15) is 34.6 Å². The highest BCUT2D eigenvalue weighted by Crippen LogP contribution is 2.21. The van der Waals surface area contributed by atoms with Crippen LogP contribution in [0.25, 0.3) is 0 Å². The Labute approximate surface area is 108 Å². The number of rotatable bonds is 5. The van der Waals surface area contributed by atoms with Crippen LogP contribution in [-0.4, -0.2) is 42.5 Å². The van der Waals surface area contributed by atoms with Crippen LogP contribution in [-0.2, 0) is 14.3 Å². The SMILES string of the molecule is COCC(C)(C)C(NC(=O)OC(C)(C)C)C(=O)O. The fourth-order valence-electron chi connectivity index (χ4n) is 1.47. The highest BCUT2D eigenvalue weighted by Gasteiger charge is 2.37. The van der Waals surface area contributed by atoms with E-state index in [0.29, 0.717) is 0 Å². The lowest BCUT2D eigenvalue weighted by atomic mass is 9.85. The van der Waals surface area contributed by atoms with Gasteiger partial charge in [0.25, 0.3) is 0 Å². The van der Waals surface area contributed by atoms with E-state index in [0.717, 1.165) is 0 Å². The third-order valence-corrected chi connectivity index (χ3v) is 2.21. The molecule has 6 heteroatoms. The Balaban J connectivity index is 4.75. The maximum absolute atomic E-state index is 11.6. The molecule has 6 nitrogen and oxygen atoms in total. The lowest BCUT2D eigenvalue weighted by Gasteiger charge is -2.31. The zero-order valence-electron chi connectivity index (χ0n) is 11.9. The number of carbonyl (C=O) groups is 2. The van der Waals surface area contributed by atoms with Crippen LogP contribution in [0.5, 0.6) is 0 Å². The summed E-state index contributed by atoms with van der Waals surface area (Å²) >= 11 is 0. The second-order valence-corrected chi connectivity index (χ2v) is 5.84. The molecule has 1 unspecified atom stereocenters. The Morgan fingerprint density at radius 3 is 2.06 bits per heavy atom. The number of carboxylic acids is 1. The second kappa shape index (κ2) is 6.04. The van der Waals surface area contributed by atoms with E-state index in [1.807, 2.05) is 0 Å². The van der Waals surface area contributed by atoms with E-state index in [9.17, 15) is 9.59 Å². The van der Waals surface area contributed by atoms with Gasteiger partial charge < -0.3 is 19.9 Å². The van der Waals surface area contributed by atoms with Crippen molar-refractivity contribution in [2.75, 3.05) is 13.7 Å². The van der Waals surface area contributed by atoms with Crippen molar-refractivity contribution >= 4 is 12.1 Å². The van der Waals surface area contributed by atoms with Crippen LogP contribution < -0.4 is 5.32 Å². The molecule has 0 bridgehead atoms. The zero-order chi connectivity index (χ0) is 14.6. The molecule has 0 aromatic rings. The summed E-state index contributed by atoms with van der Waals surface area (Å²) in [7, 11) is 1.48. The summed E-state index contributed by atoms with van der Waals surface area (Å²) < 4.78 is 10.0. The van der Waals surface area contributed by atoms with Crippen LogP contribution >= 0.6 is 0 Å². The highest BCUT2D eigenvalue weighted by molar-refractivity contribution is 5.80. The Kier molecular flexibility index (Phi) is 5.60. The molecule has 0 aliphatic rings. The van der Waals surface area contributed by atoms with Crippen LogP contribution in [0.2, 0.25) is 0 Å². The molecule has 0 aliphatic carbocycles. The molecule has 18 heavy (non-hydrogen) atoms. The predicted octanol–water partition coefficient (Wildman–Crippen LogP) is 1.64. The molecular formula is C12H23NO5. The maximum atomic E-state index is 11.6. The summed E-state index contributed by atoms with van der Waals surface area (Å²) in [4.78, 5) is 22.8. The van der Waals surface area contributed by atoms with E-state index in [-0.39, 0.29) is 6.61 Å². The molecule has 0 spiro atoms. The molecule has 0 rings (SSSR count). The zero-order valence-corrected chi connectivity index (χ0v) is 11.9. The van der Waals surface area contributed by atoms with Gasteiger partial charge in [-0.05, 0) is 20.8 Å². The van der Waals surface area contributed by atoms with E-state index in [2.05, 4.69) is 5.32 Å². The minimum Gasteiger partial charge on any atom is -0.480 e. The standard InChI is InChI=1S/C12H23NO5/c1-11(2,3)18-10(16)13-8(9(14)15)12(4,5)7-17-6/h8H,7H2,1-6H3,(H,13,16)(H,14,15). The van der Waals surface area contributed by atoms with Crippen LogP contribution in [0.3, 0.4) is 0 Å². The normalized spacial score (nSPS) is 13.9. The van der Waals surface area contributed by atoms with Crippen LogP contribution in [0.4, 0.5) is 4.79 Å². The molecule has 2 N–H and O–H groups in total. The summed E-state index contributed by atoms with van der Waals surface area (Å²) in [5, 5.41) is 11.5. The Morgan fingerprint density at radius 1 is 1.22 bits per heavy atom. The first-order valence-electron chi connectivity index (χ1n) is 5.71. The fraction of sp³-hybridized carbons (Fsp3) is 0.833. The van der Waals surface area contributed by atoms with E-state index in [1.54, 1.807) is 34.6 Å². The third-order valence-electron chi connectivity index (χ3n) is 2.21. The van der Waals surface area contributed by atoms with Gasteiger partial charge in [0.15, 0.2) is 0 Å². The first-order chi connectivity index (χ1) is 7.99. The number of carboxylic acid groups (broad SMARTS) is 1. The number of alkyl carbamates (subject to hydrolysis) is 1. The van der Waals surface area contributed by atoms with Gasteiger partial charge in [-0.1, -0.05) is 13.8 Å². The molecule has 0 aromatic heterocycles. The fourth-order valence-corrected chi connectivity index (χ4v) is 1.47. The van der Waals surface area contributed by atoms with Gasteiger partial charge in [0.2, 0.25) is 0 Å². The topological polar surface area (TPSA) is 84.9 Å². The summed E-state index contributed by atoms with van der Waals surface area (Å²) in [6, 6.07) is -1.08. The van der Waals surface area contributed by atoms with Gasteiger partial charge >= 0.3 is 12.1 Å². The molecule has 1 amide bonds. The Bertz CT molecular complexity index is 306. The first kappa shape index (κ1) is 16.7. The number of hydrogen-bond acceptors (Lipinski definition) is 4. The summed E-state index contributed by atoms with van der Waals surface area (Å²) in [6.45, 7) is 8.74. The summed E-state index contributed by atoms with van der Waals surface area (Å²) in [6.07, 6.45) is -0.751. The minimum absolute atomic E-state index is 0.208. The molecule has 1 atom stereocenters. The third kappa shape index (κ3) is 5.86. The van der Waals surface area contributed by atoms with E-state index >= 15 is 0 Å². The van der Waals surface area contributed by atoms with Crippen LogP contribution in [0, 0.1) is 5.41 Å². The van der Waals surface area contributed by atoms with Crippen molar-refractivity contribution in [1.29, 1.82) is 0 Å². The van der Waals surface area contributed by atoms with Crippen molar-refractivity contribution < 1.29 is 24.2 Å². The minimum atomic E-state index is -1.12. The van der Waals surface area contributed by atoms with E-state index in [4.69, 9.17) is 14.6 Å². The molecule has 0 aromatic carbocycles. The predicted molar refractivity (Wildman–Crippen MR) is 66.5 cm³/mol. The average molecular weight is 261 g/mol. The molecule has 0 aliphatic heterocycles. The average Bonchev–Trinajstić information content (AvgIpc) is 2.10. The lowest BCUT2D eigenvalue weighted by molar-refractivity contribution is -0.143. The molecule has 0 saturated heterocycles. The molecular weight excluding hydrogens is 238 g/mol. The van der Waals surface area contributed by atoms with Gasteiger partial charge in [0.1, 0.15) is 11.6 Å². The van der Waals surface area contributed by atoms with Gasteiger partial charge in [0.05, 0.1) is 6.61 Å². The van der Waals surface area contributed by atoms with Crippen molar-refractivity contribution in [3.05, 3.63) is 0 Å². The van der Waals surface area contributed by atoms with Gasteiger partial charge in [-0.15, -0.1) is 0 Å². The van der Waals surface area contributed by atoms with Gasteiger partial charge in [-0.3, -0.25) is 0 Å². The van der Waals surface area contributed by atoms with Crippen molar-refractivity contribution in [2.45, 2.75) is 46.3 Å². The first-order valence-corrected chi connectivity index (χ1v) is 5.71. The molecule has 0 radical (unpaired) electrons. The van der Waals surface area contributed by atoms with Crippen LogP contribution in [0.15, 0.2) is 0 Å². The van der Waals surface area contributed by atoms with Gasteiger partial charge in [0, 0.05) is 12.5 Å². The van der Waals surface area contributed by atoms with Crippen molar-refractivity contribution in [1.82, 2.24) is 5.32 Å². The van der Waals surface area contributed by atoms with Crippen molar-refractivity contribution in [3.63, 3.8) is 0 Å². The Morgan fingerprint density at radius 2 is 1.72 bits per heavy atom. The number of methoxy groups -OCH3 is 1. The van der Waals surface area contributed by atoms with E-state index in [1.165, 1.54) is 7.11 Å². The molecule has 106 valence electrons. The number of aliphatic carboxylic acids is 1. The molecule has 0 heterocycles. The smallest absolute Gasteiger partial charge is 0.408 e. The summed E-state index contributed by atoms with van der Waals surface area (Å²) in [5.74, 6) is -1.12. The summed E-state index contributed by atoms with van der Waals surface area (Å²) in [5.41, 5.74) is -1.41.